The van der Waals surface area contributed by atoms with Gasteiger partial charge in [-0.15, -0.1) is 12.4 Å². The first-order valence-corrected chi connectivity index (χ1v) is 12.3. The van der Waals surface area contributed by atoms with Crippen LogP contribution in [-0.4, -0.2) is 39.4 Å². The molecule has 2 aromatic carbocycles. The number of fused-ring (bicyclic) bond motifs is 2. The van der Waals surface area contributed by atoms with Gasteiger partial charge in [0.1, 0.15) is 0 Å². The highest BCUT2D eigenvalue weighted by Gasteiger charge is 2.24. The van der Waals surface area contributed by atoms with Crippen molar-refractivity contribution in [3.63, 3.8) is 0 Å². The summed E-state index contributed by atoms with van der Waals surface area (Å²) in [7, 11) is 1.70. The number of aryl methyl sites for hydroxylation is 1. The predicted molar refractivity (Wildman–Crippen MR) is 151 cm³/mol. The van der Waals surface area contributed by atoms with E-state index in [9.17, 15) is 9.59 Å². The number of aromatic nitrogens is 3. The van der Waals surface area contributed by atoms with Crippen LogP contribution in [-0.2, 0) is 0 Å². The first-order valence-electron chi connectivity index (χ1n) is 11.5. The summed E-state index contributed by atoms with van der Waals surface area (Å²) in [6.07, 6.45) is 4.66. The van der Waals surface area contributed by atoms with Crippen LogP contribution in [0.1, 0.15) is 27.8 Å². The molecular weight excluding hydrogens is 549 g/mol. The molecule has 5 aromatic rings. The molecular formula is C27H24Cl3N5O3. The van der Waals surface area contributed by atoms with Gasteiger partial charge < -0.3 is 14.5 Å². The predicted octanol–water partition coefficient (Wildman–Crippen LogP) is 6.06. The monoisotopic (exact) mass is 571 g/mol. The van der Waals surface area contributed by atoms with Crippen LogP contribution < -0.4 is 15.4 Å². The molecule has 0 saturated carbocycles. The Labute approximate surface area is 234 Å². The number of Topliss-reactive ketones (excluding diaryl/α,β-unsaturated/α-hetero) is 1. The number of carbonyl (C=O) groups excluding carboxylic acids is 2. The van der Waals surface area contributed by atoms with Gasteiger partial charge in [0.05, 0.1) is 27.8 Å². The summed E-state index contributed by atoms with van der Waals surface area (Å²) >= 11 is 13.2. The summed E-state index contributed by atoms with van der Waals surface area (Å²) in [6, 6.07) is 15.7. The number of amides is 1. The standard InChI is InChI=1S/C27H23Cl2N5O3.ClH/c1-16-15-33-12-5-8-22(25(33)32-16)37-26(30-2)23-19(28)10-9-18(24(23)29)21(35)14-31-27(36)34-13-11-17-6-3-4-7-20(17)34;/h3-13,15,26,30H,14H2,1-2H3,(H,31,36);1H. The second kappa shape index (κ2) is 11.4. The maximum Gasteiger partial charge on any atom is 0.326 e. The molecule has 8 nitrogen and oxygen atoms in total. The van der Waals surface area contributed by atoms with E-state index in [1.165, 1.54) is 4.57 Å². The molecule has 38 heavy (non-hydrogen) atoms. The first-order chi connectivity index (χ1) is 17.9. The van der Waals surface area contributed by atoms with E-state index >= 15 is 0 Å². The van der Waals surface area contributed by atoms with E-state index in [0.29, 0.717) is 22.0 Å². The summed E-state index contributed by atoms with van der Waals surface area (Å²) < 4.78 is 9.53. The van der Waals surface area contributed by atoms with Crippen LogP contribution in [0, 0.1) is 6.92 Å². The lowest BCUT2D eigenvalue weighted by Gasteiger charge is -2.22. The lowest BCUT2D eigenvalue weighted by molar-refractivity contribution is 0.0992. The van der Waals surface area contributed by atoms with Crippen molar-refractivity contribution in [2.75, 3.05) is 13.6 Å². The number of para-hydroxylation sites is 1. The molecule has 1 amide bonds. The summed E-state index contributed by atoms with van der Waals surface area (Å²) in [6.45, 7) is 1.65. The molecule has 3 heterocycles. The number of ketones is 1. The molecule has 0 saturated heterocycles. The third-order valence-electron chi connectivity index (χ3n) is 5.98. The maximum absolute atomic E-state index is 13.1. The zero-order valence-electron chi connectivity index (χ0n) is 20.4. The van der Waals surface area contributed by atoms with Crippen LogP contribution >= 0.6 is 35.6 Å². The number of nitrogens with one attached hydrogen (secondary N) is 2. The van der Waals surface area contributed by atoms with Gasteiger partial charge in [-0.25, -0.2) is 9.78 Å². The first kappa shape index (κ1) is 27.5. The van der Waals surface area contributed by atoms with Crippen molar-refractivity contribution in [3.05, 3.63) is 100 Å². The molecule has 0 aliphatic heterocycles. The van der Waals surface area contributed by atoms with Crippen LogP contribution in [0.4, 0.5) is 4.79 Å². The second-order valence-electron chi connectivity index (χ2n) is 8.42. The Morgan fingerprint density at radius 2 is 1.84 bits per heavy atom. The second-order valence-corrected chi connectivity index (χ2v) is 9.21. The number of hydrogen-bond donors (Lipinski definition) is 2. The molecule has 0 fully saturated rings. The van der Waals surface area contributed by atoms with Gasteiger partial charge >= 0.3 is 6.03 Å². The van der Waals surface area contributed by atoms with Crippen molar-refractivity contribution in [3.8, 4) is 5.75 Å². The maximum atomic E-state index is 13.1. The van der Waals surface area contributed by atoms with Crippen molar-refractivity contribution in [2.24, 2.45) is 0 Å². The van der Waals surface area contributed by atoms with Gasteiger partial charge in [0.15, 0.2) is 23.4 Å². The summed E-state index contributed by atoms with van der Waals surface area (Å²) in [4.78, 5) is 30.3. The minimum atomic E-state index is -0.767. The van der Waals surface area contributed by atoms with Crippen LogP contribution in [0.3, 0.4) is 0 Å². The molecule has 0 aliphatic rings. The Bertz CT molecular complexity index is 1650. The number of carbonyl (C=O) groups is 2. The fourth-order valence-electron chi connectivity index (χ4n) is 4.21. The number of imidazole rings is 1. The smallest absolute Gasteiger partial charge is 0.326 e. The Kier molecular flexibility index (Phi) is 8.28. The van der Waals surface area contributed by atoms with E-state index in [4.69, 9.17) is 27.9 Å². The number of hydrogen-bond acceptors (Lipinski definition) is 5. The van der Waals surface area contributed by atoms with Gasteiger partial charge in [0, 0.05) is 35.1 Å². The molecule has 5 rings (SSSR count). The van der Waals surface area contributed by atoms with Gasteiger partial charge in [-0.05, 0) is 50.4 Å². The molecule has 3 aromatic heterocycles. The third kappa shape index (κ3) is 5.21. The molecule has 1 unspecified atom stereocenters. The van der Waals surface area contributed by atoms with Crippen molar-refractivity contribution >= 4 is 64.0 Å². The van der Waals surface area contributed by atoms with E-state index in [1.807, 2.05) is 60.1 Å². The lowest BCUT2D eigenvalue weighted by atomic mass is 10.1. The van der Waals surface area contributed by atoms with Crippen molar-refractivity contribution in [1.29, 1.82) is 0 Å². The molecule has 0 bridgehead atoms. The largest absolute Gasteiger partial charge is 0.467 e. The normalized spacial score (nSPS) is 11.8. The summed E-state index contributed by atoms with van der Waals surface area (Å²) in [5.74, 6) is 0.151. The van der Waals surface area contributed by atoms with Gasteiger partial charge in [0.2, 0.25) is 0 Å². The SMILES string of the molecule is CNC(Oc1cccn2cc(C)nc12)c1c(Cl)ccc(C(=O)CNC(=O)n2ccc3ccccc32)c1Cl.Cl. The number of nitrogens with zero attached hydrogens (tertiary/aromatic N) is 3. The average molecular weight is 573 g/mol. The summed E-state index contributed by atoms with van der Waals surface area (Å²) in [5, 5.41) is 7.12. The third-order valence-corrected chi connectivity index (χ3v) is 6.72. The highest BCUT2D eigenvalue weighted by atomic mass is 35.5. The Balaban J connectivity index is 0.00000336. The summed E-state index contributed by atoms with van der Waals surface area (Å²) in [5.41, 5.74) is 2.86. The number of benzene rings is 2. The van der Waals surface area contributed by atoms with Crippen molar-refractivity contribution in [2.45, 2.75) is 13.2 Å². The Morgan fingerprint density at radius 1 is 1.05 bits per heavy atom. The van der Waals surface area contributed by atoms with E-state index in [1.54, 1.807) is 31.4 Å². The van der Waals surface area contributed by atoms with Gasteiger partial charge in [-0.3, -0.25) is 14.7 Å². The van der Waals surface area contributed by atoms with E-state index < -0.39 is 12.3 Å². The fourth-order valence-corrected chi connectivity index (χ4v) is 4.89. The quantitative estimate of drug-likeness (QED) is 0.183. The van der Waals surface area contributed by atoms with Crippen LogP contribution in [0.5, 0.6) is 5.75 Å². The zero-order valence-corrected chi connectivity index (χ0v) is 22.8. The van der Waals surface area contributed by atoms with Crippen LogP contribution in [0.2, 0.25) is 10.0 Å². The number of rotatable bonds is 7. The van der Waals surface area contributed by atoms with E-state index in [2.05, 4.69) is 15.6 Å². The van der Waals surface area contributed by atoms with Crippen molar-refractivity contribution < 1.29 is 14.3 Å². The number of halogens is 3. The molecule has 2 N–H and O–H groups in total. The number of pyridine rings is 1. The Morgan fingerprint density at radius 3 is 2.63 bits per heavy atom. The molecule has 0 radical (unpaired) electrons. The topological polar surface area (TPSA) is 89.7 Å². The van der Waals surface area contributed by atoms with Gasteiger partial charge in [-0.1, -0.05) is 41.4 Å². The molecule has 0 spiro atoms. The van der Waals surface area contributed by atoms with Gasteiger partial charge in [-0.2, -0.15) is 0 Å². The molecule has 1 atom stereocenters. The Hall–Kier alpha value is -3.56. The average Bonchev–Trinajstić information content (AvgIpc) is 3.50. The molecule has 0 aliphatic carbocycles. The van der Waals surface area contributed by atoms with E-state index in [-0.39, 0.29) is 35.3 Å². The number of ether oxygens (including phenoxy) is 1. The van der Waals surface area contributed by atoms with Gasteiger partial charge in [0.25, 0.3) is 0 Å². The minimum Gasteiger partial charge on any atom is -0.467 e. The lowest BCUT2D eigenvalue weighted by Crippen LogP contribution is -2.33. The zero-order chi connectivity index (χ0) is 26.1. The van der Waals surface area contributed by atoms with Crippen molar-refractivity contribution in [1.82, 2.24) is 24.6 Å². The van der Waals surface area contributed by atoms with Crippen LogP contribution in [0.15, 0.2) is 73.2 Å². The molecule has 11 heteroatoms. The highest BCUT2D eigenvalue weighted by molar-refractivity contribution is 6.38. The van der Waals surface area contributed by atoms with E-state index in [0.717, 1.165) is 16.6 Å². The fraction of sp³-hybridized carbons (Fsp3) is 0.148. The molecule has 196 valence electrons. The highest BCUT2D eigenvalue weighted by Crippen LogP contribution is 2.35. The minimum absolute atomic E-state index is 0. The van der Waals surface area contributed by atoms with Crippen LogP contribution in [0.25, 0.3) is 16.6 Å².